The van der Waals surface area contributed by atoms with Gasteiger partial charge in [-0.2, -0.15) is 5.26 Å². The lowest BCUT2D eigenvalue weighted by Gasteiger charge is -2.20. The fraction of sp³-hybridized carbons (Fsp3) is 0.190. The molecule has 0 fully saturated rings. The molecule has 0 spiro atoms. The van der Waals surface area contributed by atoms with E-state index in [4.69, 9.17) is 5.26 Å². The number of nitrogens with one attached hydrogen (secondary N) is 2. The SMILES string of the molecule is Cc1ccc(S(=O)(=O)NCC(Nc2cnc(C#N)cn2)c2ccccc2)c(C)c1. The molecule has 0 saturated carbocycles. The number of sulfonamides is 1. The van der Waals surface area contributed by atoms with Crippen LogP contribution in [-0.4, -0.2) is 24.9 Å². The summed E-state index contributed by atoms with van der Waals surface area (Å²) in [5.41, 5.74) is 2.80. The van der Waals surface area contributed by atoms with Gasteiger partial charge in [0, 0.05) is 6.54 Å². The van der Waals surface area contributed by atoms with Crippen molar-refractivity contribution >= 4 is 15.8 Å². The maximum Gasteiger partial charge on any atom is 0.240 e. The smallest absolute Gasteiger partial charge is 0.240 e. The highest BCUT2D eigenvalue weighted by Gasteiger charge is 2.20. The first-order valence-electron chi connectivity index (χ1n) is 8.99. The molecule has 7 nitrogen and oxygen atoms in total. The quantitative estimate of drug-likeness (QED) is 0.623. The Morgan fingerprint density at radius 3 is 2.45 bits per heavy atom. The number of nitrogens with zero attached hydrogens (tertiary/aromatic N) is 3. The molecular weight excluding hydrogens is 386 g/mol. The van der Waals surface area contributed by atoms with E-state index in [0.717, 1.165) is 11.1 Å². The molecule has 148 valence electrons. The highest BCUT2D eigenvalue weighted by molar-refractivity contribution is 7.89. The van der Waals surface area contributed by atoms with Gasteiger partial charge in [-0.25, -0.2) is 23.1 Å². The number of benzene rings is 2. The molecule has 0 aliphatic rings. The molecule has 0 aliphatic carbocycles. The van der Waals surface area contributed by atoms with E-state index in [0.29, 0.717) is 11.4 Å². The van der Waals surface area contributed by atoms with Crippen LogP contribution in [-0.2, 0) is 10.0 Å². The molecule has 0 bridgehead atoms. The Labute approximate surface area is 170 Å². The van der Waals surface area contributed by atoms with Gasteiger partial charge in [-0.15, -0.1) is 0 Å². The lowest BCUT2D eigenvalue weighted by molar-refractivity contribution is 0.575. The van der Waals surface area contributed by atoms with Crippen LogP contribution in [0.15, 0.2) is 65.8 Å². The van der Waals surface area contributed by atoms with Crippen molar-refractivity contribution in [1.29, 1.82) is 5.26 Å². The fourth-order valence-electron chi connectivity index (χ4n) is 2.95. The minimum atomic E-state index is -3.68. The van der Waals surface area contributed by atoms with Crippen LogP contribution in [0.4, 0.5) is 5.82 Å². The number of aromatic nitrogens is 2. The molecule has 8 heteroatoms. The van der Waals surface area contributed by atoms with E-state index in [1.165, 1.54) is 12.4 Å². The summed E-state index contributed by atoms with van der Waals surface area (Å²) in [6.07, 6.45) is 2.82. The lowest BCUT2D eigenvalue weighted by Crippen LogP contribution is -2.32. The number of aryl methyl sites for hydroxylation is 2. The first kappa shape index (κ1) is 20.5. The maximum absolute atomic E-state index is 12.8. The Morgan fingerprint density at radius 1 is 1.07 bits per heavy atom. The zero-order chi connectivity index (χ0) is 20.9. The van der Waals surface area contributed by atoms with E-state index in [-0.39, 0.29) is 23.2 Å². The first-order valence-corrected chi connectivity index (χ1v) is 10.5. The predicted octanol–water partition coefficient (Wildman–Crippen LogP) is 3.10. The summed E-state index contributed by atoms with van der Waals surface area (Å²) in [6, 6.07) is 16.2. The van der Waals surface area contributed by atoms with E-state index < -0.39 is 10.0 Å². The van der Waals surface area contributed by atoms with Crippen molar-refractivity contribution in [3.63, 3.8) is 0 Å². The molecule has 0 radical (unpaired) electrons. The van der Waals surface area contributed by atoms with Gasteiger partial charge in [-0.3, -0.25) is 0 Å². The number of hydrogen-bond donors (Lipinski definition) is 2. The van der Waals surface area contributed by atoms with Gasteiger partial charge in [0.1, 0.15) is 11.9 Å². The Balaban J connectivity index is 1.82. The summed E-state index contributed by atoms with van der Waals surface area (Å²) in [5.74, 6) is 0.448. The van der Waals surface area contributed by atoms with Crippen molar-refractivity contribution in [2.75, 3.05) is 11.9 Å². The Morgan fingerprint density at radius 2 is 1.83 bits per heavy atom. The van der Waals surface area contributed by atoms with E-state index in [1.807, 2.05) is 49.4 Å². The van der Waals surface area contributed by atoms with Crippen molar-refractivity contribution < 1.29 is 8.42 Å². The van der Waals surface area contributed by atoms with Crippen molar-refractivity contribution in [3.05, 3.63) is 83.3 Å². The number of hydrogen-bond acceptors (Lipinski definition) is 6. The molecule has 1 heterocycles. The van der Waals surface area contributed by atoms with Crippen LogP contribution in [0.2, 0.25) is 0 Å². The maximum atomic E-state index is 12.8. The van der Waals surface area contributed by atoms with E-state index in [9.17, 15) is 8.42 Å². The van der Waals surface area contributed by atoms with Crippen LogP contribution in [0.5, 0.6) is 0 Å². The molecular formula is C21H21N5O2S. The first-order chi connectivity index (χ1) is 13.9. The monoisotopic (exact) mass is 407 g/mol. The number of rotatable bonds is 7. The van der Waals surface area contributed by atoms with Crippen LogP contribution >= 0.6 is 0 Å². The van der Waals surface area contributed by atoms with E-state index in [2.05, 4.69) is 20.0 Å². The second-order valence-corrected chi connectivity index (χ2v) is 8.36. The topological polar surface area (TPSA) is 108 Å². The van der Waals surface area contributed by atoms with Crippen molar-refractivity contribution in [2.24, 2.45) is 0 Å². The number of nitriles is 1. The van der Waals surface area contributed by atoms with Crippen molar-refractivity contribution in [2.45, 2.75) is 24.8 Å². The molecule has 0 amide bonds. The van der Waals surface area contributed by atoms with E-state index >= 15 is 0 Å². The minimum Gasteiger partial charge on any atom is -0.361 e. The Bertz CT molecular complexity index is 1120. The molecule has 2 aromatic carbocycles. The summed E-state index contributed by atoms with van der Waals surface area (Å²) < 4.78 is 28.4. The van der Waals surface area contributed by atoms with Crippen molar-refractivity contribution in [1.82, 2.24) is 14.7 Å². The summed E-state index contributed by atoms with van der Waals surface area (Å²) in [5, 5.41) is 12.0. The third kappa shape index (κ3) is 5.16. The molecule has 29 heavy (non-hydrogen) atoms. The van der Waals surface area contributed by atoms with Crippen LogP contribution < -0.4 is 10.0 Å². The van der Waals surface area contributed by atoms with Gasteiger partial charge in [-0.1, -0.05) is 48.0 Å². The average molecular weight is 407 g/mol. The molecule has 0 aliphatic heterocycles. The third-order valence-electron chi connectivity index (χ3n) is 4.39. The molecule has 1 aromatic heterocycles. The van der Waals surface area contributed by atoms with Crippen LogP contribution in [0.1, 0.15) is 28.4 Å². The van der Waals surface area contributed by atoms with Gasteiger partial charge in [-0.05, 0) is 31.0 Å². The standard InChI is InChI=1S/C21H21N5O2S/c1-15-8-9-20(16(2)10-15)29(27,28)25-13-19(17-6-4-3-5-7-17)26-21-14-23-18(11-22)12-24-21/h3-10,12,14,19,25H,13H2,1-2H3,(H,24,26). The number of anilines is 1. The van der Waals surface area contributed by atoms with Gasteiger partial charge >= 0.3 is 0 Å². The van der Waals surface area contributed by atoms with Gasteiger partial charge in [0.05, 0.1) is 23.3 Å². The highest BCUT2D eigenvalue weighted by Crippen LogP contribution is 2.20. The molecule has 2 N–H and O–H groups in total. The van der Waals surface area contributed by atoms with Crippen LogP contribution in [0, 0.1) is 25.2 Å². The Hall–Kier alpha value is -3.28. The Kier molecular flexibility index (Phi) is 6.22. The minimum absolute atomic E-state index is 0.112. The fourth-order valence-corrected chi connectivity index (χ4v) is 4.22. The summed E-state index contributed by atoms with van der Waals surface area (Å²) in [7, 11) is -3.68. The molecule has 3 aromatic rings. The highest BCUT2D eigenvalue weighted by atomic mass is 32.2. The normalized spacial score (nSPS) is 12.2. The summed E-state index contributed by atoms with van der Waals surface area (Å²) >= 11 is 0. The zero-order valence-electron chi connectivity index (χ0n) is 16.1. The van der Waals surface area contributed by atoms with Crippen LogP contribution in [0.3, 0.4) is 0 Å². The summed E-state index contributed by atoms with van der Waals surface area (Å²) in [6.45, 7) is 3.81. The van der Waals surface area contributed by atoms with Gasteiger partial charge in [0.25, 0.3) is 0 Å². The molecule has 1 atom stereocenters. The largest absolute Gasteiger partial charge is 0.361 e. The van der Waals surface area contributed by atoms with E-state index in [1.54, 1.807) is 19.1 Å². The lowest BCUT2D eigenvalue weighted by atomic mass is 10.1. The van der Waals surface area contributed by atoms with Gasteiger partial charge < -0.3 is 5.32 Å². The molecule has 1 unspecified atom stereocenters. The molecule has 3 rings (SSSR count). The van der Waals surface area contributed by atoms with Crippen molar-refractivity contribution in [3.8, 4) is 6.07 Å². The summed E-state index contributed by atoms with van der Waals surface area (Å²) in [4.78, 5) is 8.42. The molecule has 0 saturated heterocycles. The van der Waals surface area contributed by atoms with Gasteiger partial charge in [0.2, 0.25) is 10.0 Å². The van der Waals surface area contributed by atoms with Gasteiger partial charge in [0.15, 0.2) is 5.69 Å². The van der Waals surface area contributed by atoms with Crippen LogP contribution in [0.25, 0.3) is 0 Å². The third-order valence-corrected chi connectivity index (χ3v) is 5.97. The predicted molar refractivity (Wildman–Crippen MR) is 111 cm³/mol. The average Bonchev–Trinajstić information content (AvgIpc) is 2.72. The second kappa shape index (κ2) is 8.82. The zero-order valence-corrected chi connectivity index (χ0v) is 16.9. The second-order valence-electron chi connectivity index (χ2n) is 6.63.